The molecule has 1 aliphatic rings. The maximum Gasteiger partial charge on any atom is 0.251 e. The molecule has 8 nitrogen and oxygen atoms in total. The molecule has 0 spiro atoms. The third-order valence-corrected chi connectivity index (χ3v) is 4.38. The van der Waals surface area contributed by atoms with Crippen LogP contribution in [0.25, 0.3) is 0 Å². The van der Waals surface area contributed by atoms with E-state index in [2.05, 4.69) is 25.5 Å². The van der Waals surface area contributed by atoms with Crippen LogP contribution in [0.15, 0.2) is 42.7 Å². The summed E-state index contributed by atoms with van der Waals surface area (Å²) in [4.78, 5) is 34.9. The number of aromatic nitrogens is 2. The first-order chi connectivity index (χ1) is 13.2. The summed E-state index contributed by atoms with van der Waals surface area (Å²) in [6, 6.07) is 8.51. The van der Waals surface area contributed by atoms with Crippen LogP contribution in [0.5, 0.6) is 5.75 Å². The third-order valence-electron chi connectivity index (χ3n) is 4.38. The molecule has 1 saturated heterocycles. The van der Waals surface area contributed by atoms with Crippen molar-refractivity contribution in [3.05, 3.63) is 48.3 Å². The average molecular weight is 369 g/mol. The molecule has 1 atom stereocenters. The minimum atomic E-state index is -0.296. The van der Waals surface area contributed by atoms with Crippen LogP contribution in [-0.4, -0.2) is 54.6 Å². The highest BCUT2D eigenvalue weighted by molar-refractivity contribution is 5.96. The fraction of sp³-hybridized carbons (Fsp3) is 0.368. The van der Waals surface area contributed by atoms with Crippen molar-refractivity contribution in [1.29, 1.82) is 0 Å². The zero-order chi connectivity index (χ0) is 19.1. The Morgan fingerprint density at radius 1 is 1.22 bits per heavy atom. The molecule has 1 aromatic heterocycles. The lowest BCUT2D eigenvalue weighted by molar-refractivity contribution is -0.120. The van der Waals surface area contributed by atoms with E-state index < -0.39 is 0 Å². The van der Waals surface area contributed by atoms with Crippen molar-refractivity contribution in [2.75, 3.05) is 31.6 Å². The number of rotatable bonds is 6. The highest BCUT2D eigenvalue weighted by Gasteiger charge is 2.23. The van der Waals surface area contributed by atoms with Gasteiger partial charge in [-0.1, -0.05) is 0 Å². The van der Waals surface area contributed by atoms with Crippen LogP contribution in [0, 0.1) is 0 Å². The number of piperidine rings is 1. The van der Waals surface area contributed by atoms with Gasteiger partial charge in [-0.25, -0.2) is 9.97 Å². The summed E-state index contributed by atoms with van der Waals surface area (Å²) in [6.07, 6.45) is 5.25. The second-order valence-corrected chi connectivity index (χ2v) is 6.31. The summed E-state index contributed by atoms with van der Waals surface area (Å²) in [7, 11) is 1.57. The predicted molar refractivity (Wildman–Crippen MR) is 101 cm³/mol. The summed E-state index contributed by atoms with van der Waals surface area (Å²) >= 11 is 0. The van der Waals surface area contributed by atoms with Crippen LogP contribution in [0.3, 0.4) is 0 Å². The van der Waals surface area contributed by atoms with Crippen LogP contribution in [0.1, 0.15) is 23.2 Å². The number of hydrogen-bond donors (Lipinski definition) is 2. The maximum absolute atomic E-state index is 12.2. The number of carbonyl (C=O) groups is 2. The molecule has 1 unspecified atom stereocenters. The summed E-state index contributed by atoms with van der Waals surface area (Å²) in [5, 5.41) is 5.61. The standard InChI is InChI=1S/C19H23N5O3/c1-27-16-7-5-14(6-8-16)18(26)22-12-17(25)23-15-4-2-11-24(13-15)19-20-9-3-10-21-19/h3,5-10,15H,2,4,11-13H2,1H3,(H,22,26)(H,23,25). The molecule has 1 fully saturated rings. The van der Waals surface area contributed by atoms with Crippen molar-refractivity contribution >= 4 is 17.8 Å². The summed E-state index contributed by atoms with van der Waals surface area (Å²) < 4.78 is 5.06. The number of hydrogen-bond acceptors (Lipinski definition) is 6. The van der Waals surface area contributed by atoms with Crippen LogP contribution < -0.4 is 20.3 Å². The molecule has 0 bridgehead atoms. The number of amides is 2. The highest BCUT2D eigenvalue weighted by Crippen LogP contribution is 2.15. The highest BCUT2D eigenvalue weighted by atomic mass is 16.5. The Kier molecular flexibility index (Phi) is 6.19. The van der Waals surface area contributed by atoms with E-state index in [1.165, 1.54) is 0 Å². The molecule has 2 amide bonds. The molecule has 2 aromatic rings. The topological polar surface area (TPSA) is 96.4 Å². The Balaban J connectivity index is 1.46. The van der Waals surface area contributed by atoms with Crippen LogP contribution in [0.2, 0.25) is 0 Å². The zero-order valence-electron chi connectivity index (χ0n) is 15.2. The van der Waals surface area contributed by atoms with Gasteiger partial charge in [0.2, 0.25) is 11.9 Å². The number of anilines is 1. The molecule has 1 aromatic carbocycles. The van der Waals surface area contributed by atoms with Gasteiger partial charge in [-0.05, 0) is 43.2 Å². The number of carbonyl (C=O) groups excluding carboxylic acids is 2. The molecule has 2 N–H and O–H groups in total. The van der Waals surface area contributed by atoms with Crippen molar-refractivity contribution in [2.24, 2.45) is 0 Å². The van der Waals surface area contributed by atoms with E-state index in [4.69, 9.17) is 4.74 Å². The number of nitrogens with zero attached hydrogens (tertiary/aromatic N) is 3. The van der Waals surface area contributed by atoms with Gasteiger partial charge >= 0.3 is 0 Å². The lowest BCUT2D eigenvalue weighted by atomic mass is 10.1. The summed E-state index contributed by atoms with van der Waals surface area (Å²) in [6.45, 7) is 1.45. The van der Waals surface area contributed by atoms with Crippen molar-refractivity contribution in [3.8, 4) is 5.75 Å². The van der Waals surface area contributed by atoms with Gasteiger partial charge in [-0.15, -0.1) is 0 Å². The normalized spacial score (nSPS) is 16.5. The van der Waals surface area contributed by atoms with Crippen LogP contribution in [-0.2, 0) is 4.79 Å². The predicted octanol–water partition coefficient (Wildman–Crippen LogP) is 1.00. The van der Waals surface area contributed by atoms with Gasteiger partial charge in [0.25, 0.3) is 5.91 Å². The Bertz CT molecular complexity index is 767. The van der Waals surface area contributed by atoms with Gasteiger partial charge in [0.1, 0.15) is 5.75 Å². The molecule has 2 heterocycles. The molecular weight excluding hydrogens is 346 g/mol. The maximum atomic E-state index is 12.2. The number of nitrogens with one attached hydrogen (secondary N) is 2. The largest absolute Gasteiger partial charge is 0.497 e. The fourth-order valence-electron chi connectivity index (χ4n) is 3.01. The van der Waals surface area contributed by atoms with Gasteiger partial charge in [0.15, 0.2) is 0 Å². The molecule has 0 radical (unpaired) electrons. The van der Waals surface area contributed by atoms with Crippen LogP contribution >= 0.6 is 0 Å². The SMILES string of the molecule is COc1ccc(C(=O)NCC(=O)NC2CCCN(c3ncccn3)C2)cc1. The average Bonchev–Trinajstić information content (AvgIpc) is 2.73. The van der Waals surface area contributed by atoms with Crippen molar-refractivity contribution in [1.82, 2.24) is 20.6 Å². The minimum absolute atomic E-state index is 0.00736. The van der Waals surface area contributed by atoms with E-state index in [9.17, 15) is 9.59 Å². The Hall–Kier alpha value is -3.16. The Morgan fingerprint density at radius 3 is 2.67 bits per heavy atom. The van der Waals surface area contributed by atoms with Gasteiger partial charge in [0, 0.05) is 37.1 Å². The lowest BCUT2D eigenvalue weighted by Gasteiger charge is -2.33. The summed E-state index contributed by atoms with van der Waals surface area (Å²) in [5.41, 5.74) is 0.480. The molecule has 0 aliphatic carbocycles. The third kappa shape index (κ3) is 5.16. The first-order valence-electron chi connectivity index (χ1n) is 8.89. The number of ether oxygens (including phenoxy) is 1. The molecule has 0 saturated carbocycles. The molecular formula is C19H23N5O3. The van der Waals surface area contributed by atoms with E-state index in [0.29, 0.717) is 23.8 Å². The van der Waals surface area contributed by atoms with E-state index in [1.807, 2.05) is 0 Å². The zero-order valence-corrected chi connectivity index (χ0v) is 15.2. The van der Waals surface area contributed by atoms with Crippen LogP contribution in [0.4, 0.5) is 5.95 Å². The first kappa shape index (κ1) is 18.6. The lowest BCUT2D eigenvalue weighted by Crippen LogP contribution is -2.50. The van der Waals surface area contributed by atoms with E-state index in [1.54, 1.807) is 49.8 Å². The van der Waals surface area contributed by atoms with Gasteiger partial charge in [-0.2, -0.15) is 0 Å². The number of methoxy groups -OCH3 is 1. The molecule has 142 valence electrons. The number of benzene rings is 1. The van der Waals surface area contributed by atoms with E-state index in [-0.39, 0.29) is 24.4 Å². The monoisotopic (exact) mass is 369 g/mol. The summed E-state index contributed by atoms with van der Waals surface area (Å²) in [5.74, 6) is 0.839. The quantitative estimate of drug-likeness (QED) is 0.789. The van der Waals surface area contributed by atoms with Crippen molar-refractivity contribution < 1.29 is 14.3 Å². The Labute approximate surface area is 158 Å². The van der Waals surface area contributed by atoms with Crippen molar-refractivity contribution in [3.63, 3.8) is 0 Å². The van der Waals surface area contributed by atoms with Gasteiger partial charge < -0.3 is 20.3 Å². The second kappa shape index (κ2) is 8.98. The van der Waals surface area contributed by atoms with E-state index in [0.717, 1.165) is 19.4 Å². The van der Waals surface area contributed by atoms with Gasteiger partial charge in [0.05, 0.1) is 13.7 Å². The first-order valence-corrected chi connectivity index (χ1v) is 8.89. The molecule has 1 aliphatic heterocycles. The molecule has 3 rings (SSSR count). The Morgan fingerprint density at radius 2 is 1.96 bits per heavy atom. The second-order valence-electron chi connectivity index (χ2n) is 6.31. The molecule has 8 heteroatoms. The van der Waals surface area contributed by atoms with Gasteiger partial charge in [-0.3, -0.25) is 9.59 Å². The smallest absolute Gasteiger partial charge is 0.251 e. The minimum Gasteiger partial charge on any atom is -0.497 e. The molecule has 27 heavy (non-hydrogen) atoms. The fourth-order valence-corrected chi connectivity index (χ4v) is 3.01. The van der Waals surface area contributed by atoms with Crippen molar-refractivity contribution in [2.45, 2.75) is 18.9 Å². The van der Waals surface area contributed by atoms with E-state index >= 15 is 0 Å².